The molecule has 2 aliphatic heterocycles. The molecule has 3 nitrogen and oxygen atoms in total. The highest BCUT2D eigenvalue weighted by atomic mass is 35.5. The van der Waals surface area contributed by atoms with E-state index in [4.69, 9.17) is 0 Å². The smallest absolute Gasteiger partial charge is 0.219 e. The molecule has 5 heteroatoms. The van der Waals surface area contributed by atoms with Crippen LogP contribution < -0.4 is 5.32 Å². The Bertz CT molecular complexity index is 469. The van der Waals surface area contributed by atoms with Crippen LogP contribution in [0.3, 0.4) is 0 Å². The monoisotopic (exact) mass is 344 g/mol. The molecule has 124 valence electrons. The second-order valence-corrected chi connectivity index (χ2v) is 6.09. The average molecular weight is 345 g/mol. The number of carbonyl (C=O) groups excluding carboxylic acids is 1. The molecule has 2 heterocycles. The summed E-state index contributed by atoms with van der Waals surface area (Å²) in [6, 6.07) is 11.5. The average Bonchev–Trinajstić information content (AvgIpc) is 2.77. The minimum atomic E-state index is 0. The third-order valence-corrected chi connectivity index (χ3v) is 4.83. The standard InChI is InChI=1S/C17H24N2O.2ClH/c1-13(20)19-12-15(14-8-4-2-5-9-14)17-16(19)10-6-3-7-11-18-17;;/h2,4-5,8-9,15-18H,3,6-7,10-12H2,1H3;2*1H/t15-,16-,17-;;/m0../s1. The lowest BCUT2D eigenvalue weighted by molar-refractivity contribution is -0.130. The van der Waals surface area contributed by atoms with Crippen molar-refractivity contribution >= 4 is 30.7 Å². The number of rotatable bonds is 1. The van der Waals surface area contributed by atoms with Crippen molar-refractivity contribution in [1.29, 1.82) is 0 Å². The van der Waals surface area contributed by atoms with Gasteiger partial charge in [-0.3, -0.25) is 4.79 Å². The van der Waals surface area contributed by atoms with Crippen LogP contribution in [0.5, 0.6) is 0 Å². The van der Waals surface area contributed by atoms with Crippen LogP contribution in [-0.2, 0) is 4.79 Å². The number of carbonyl (C=O) groups is 1. The number of amides is 1. The molecule has 22 heavy (non-hydrogen) atoms. The maximum atomic E-state index is 12.0. The number of nitrogens with one attached hydrogen (secondary N) is 1. The molecule has 1 aromatic carbocycles. The molecule has 0 unspecified atom stereocenters. The summed E-state index contributed by atoms with van der Waals surface area (Å²) in [5, 5.41) is 3.72. The number of halogens is 2. The van der Waals surface area contributed by atoms with E-state index in [9.17, 15) is 4.79 Å². The number of hydrogen-bond acceptors (Lipinski definition) is 2. The van der Waals surface area contributed by atoms with Crippen molar-refractivity contribution in [3.05, 3.63) is 35.9 Å². The van der Waals surface area contributed by atoms with Crippen LogP contribution >= 0.6 is 24.8 Å². The number of benzene rings is 1. The summed E-state index contributed by atoms with van der Waals surface area (Å²) in [6.07, 6.45) is 4.91. The highest BCUT2D eigenvalue weighted by Gasteiger charge is 2.43. The molecule has 2 aliphatic rings. The fraction of sp³-hybridized carbons (Fsp3) is 0.588. The summed E-state index contributed by atoms with van der Waals surface area (Å²) >= 11 is 0. The van der Waals surface area contributed by atoms with E-state index in [1.54, 1.807) is 6.92 Å². The van der Waals surface area contributed by atoms with Crippen molar-refractivity contribution in [2.75, 3.05) is 13.1 Å². The molecule has 0 bridgehead atoms. The molecule has 0 radical (unpaired) electrons. The van der Waals surface area contributed by atoms with Crippen LogP contribution in [0.15, 0.2) is 30.3 Å². The van der Waals surface area contributed by atoms with Crippen LogP contribution in [0.1, 0.15) is 44.1 Å². The first-order chi connectivity index (χ1) is 9.77. The predicted molar refractivity (Wildman–Crippen MR) is 95.1 cm³/mol. The van der Waals surface area contributed by atoms with Gasteiger partial charge >= 0.3 is 0 Å². The largest absolute Gasteiger partial charge is 0.338 e. The van der Waals surface area contributed by atoms with Crippen molar-refractivity contribution in [2.24, 2.45) is 0 Å². The Kier molecular flexibility index (Phi) is 7.67. The lowest BCUT2D eigenvalue weighted by Crippen LogP contribution is -2.46. The van der Waals surface area contributed by atoms with E-state index in [-0.39, 0.29) is 30.7 Å². The first-order valence-electron chi connectivity index (χ1n) is 7.83. The second kappa shape index (κ2) is 8.76. The maximum absolute atomic E-state index is 12.0. The molecular weight excluding hydrogens is 319 g/mol. The van der Waals surface area contributed by atoms with Gasteiger partial charge in [-0.05, 0) is 24.9 Å². The van der Waals surface area contributed by atoms with E-state index in [2.05, 4.69) is 40.5 Å². The fourth-order valence-electron chi connectivity index (χ4n) is 3.84. The Labute approximate surface area is 145 Å². The molecule has 0 saturated carbocycles. The summed E-state index contributed by atoms with van der Waals surface area (Å²) in [5.41, 5.74) is 1.36. The van der Waals surface area contributed by atoms with Gasteiger partial charge in [-0.2, -0.15) is 0 Å². The maximum Gasteiger partial charge on any atom is 0.219 e. The third kappa shape index (κ3) is 3.95. The minimum Gasteiger partial charge on any atom is -0.338 e. The van der Waals surface area contributed by atoms with E-state index in [1.807, 2.05) is 0 Å². The molecule has 1 amide bonds. The molecule has 3 rings (SSSR count). The van der Waals surface area contributed by atoms with Gasteiger partial charge in [0.05, 0.1) is 0 Å². The molecule has 3 atom stereocenters. The van der Waals surface area contributed by atoms with Gasteiger partial charge in [0.2, 0.25) is 5.91 Å². The van der Waals surface area contributed by atoms with E-state index < -0.39 is 0 Å². The zero-order valence-corrected chi connectivity index (χ0v) is 14.7. The van der Waals surface area contributed by atoms with Gasteiger partial charge in [0.15, 0.2) is 0 Å². The Morgan fingerprint density at radius 2 is 1.86 bits per heavy atom. The zero-order chi connectivity index (χ0) is 13.9. The quantitative estimate of drug-likeness (QED) is 0.846. The Morgan fingerprint density at radius 1 is 1.14 bits per heavy atom. The number of nitrogens with zero attached hydrogens (tertiary/aromatic N) is 1. The van der Waals surface area contributed by atoms with Crippen molar-refractivity contribution in [2.45, 2.75) is 50.6 Å². The summed E-state index contributed by atoms with van der Waals surface area (Å²) in [7, 11) is 0. The van der Waals surface area contributed by atoms with E-state index in [0.717, 1.165) is 19.5 Å². The van der Waals surface area contributed by atoms with E-state index in [1.165, 1.54) is 24.8 Å². The van der Waals surface area contributed by atoms with Gasteiger partial charge in [0, 0.05) is 31.5 Å². The third-order valence-electron chi connectivity index (χ3n) is 4.83. The second-order valence-electron chi connectivity index (χ2n) is 6.09. The lowest BCUT2D eigenvalue weighted by atomic mass is 9.88. The van der Waals surface area contributed by atoms with Gasteiger partial charge in [0.25, 0.3) is 0 Å². The van der Waals surface area contributed by atoms with E-state index >= 15 is 0 Å². The highest BCUT2D eigenvalue weighted by Crippen LogP contribution is 2.35. The predicted octanol–water partition coefficient (Wildman–Crippen LogP) is 3.38. The summed E-state index contributed by atoms with van der Waals surface area (Å²) < 4.78 is 0. The molecule has 2 saturated heterocycles. The highest BCUT2D eigenvalue weighted by molar-refractivity contribution is 5.85. The molecular formula is C17H26Cl2N2O. The van der Waals surface area contributed by atoms with Crippen LogP contribution in [0.25, 0.3) is 0 Å². The Balaban J connectivity index is 0.00000121. The van der Waals surface area contributed by atoms with Crippen molar-refractivity contribution in [1.82, 2.24) is 10.2 Å². The van der Waals surface area contributed by atoms with Gasteiger partial charge in [0.1, 0.15) is 0 Å². The normalized spacial score (nSPS) is 27.7. The van der Waals surface area contributed by atoms with Gasteiger partial charge in [-0.15, -0.1) is 24.8 Å². The first kappa shape index (κ1) is 19.3. The fourth-order valence-corrected chi connectivity index (χ4v) is 3.84. The number of fused-ring (bicyclic) bond motifs is 1. The topological polar surface area (TPSA) is 32.3 Å². The lowest BCUT2D eigenvalue weighted by Gasteiger charge is -2.30. The first-order valence-corrected chi connectivity index (χ1v) is 7.83. The van der Waals surface area contributed by atoms with Gasteiger partial charge < -0.3 is 10.2 Å². The Morgan fingerprint density at radius 3 is 2.55 bits per heavy atom. The minimum absolute atomic E-state index is 0. The SMILES string of the molecule is CC(=O)N1C[C@@H](c2ccccc2)[C@@H]2NCCCCC[C@@H]21.Cl.Cl. The summed E-state index contributed by atoms with van der Waals surface area (Å²) in [5.74, 6) is 0.656. The Hall–Kier alpha value is -0.770. The van der Waals surface area contributed by atoms with E-state index in [0.29, 0.717) is 18.0 Å². The molecule has 2 fully saturated rings. The summed E-state index contributed by atoms with van der Waals surface area (Å²) in [6.45, 7) is 3.65. The molecule has 0 spiro atoms. The molecule has 1 aromatic rings. The van der Waals surface area contributed by atoms with Crippen LogP contribution in [0, 0.1) is 0 Å². The van der Waals surface area contributed by atoms with Crippen LogP contribution in [0.2, 0.25) is 0 Å². The number of hydrogen-bond donors (Lipinski definition) is 1. The van der Waals surface area contributed by atoms with Crippen LogP contribution in [-0.4, -0.2) is 36.0 Å². The van der Waals surface area contributed by atoms with Gasteiger partial charge in [-0.1, -0.05) is 43.2 Å². The molecule has 1 N–H and O–H groups in total. The summed E-state index contributed by atoms with van der Waals surface area (Å²) in [4.78, 5) is 14.1. The van der Waals surface area contributed by atoms with Crippen molar-refractivity contribution < 1.29 is 4.79 Å². The van der Waals surface area contributed by atoms with Gasteiger partial charge in [-0.25, -0.2) is 0 Å². The van der Waals surface area contributed by atoms with Crippen molar-refractivity contribution in [3.8, 4) is 0 Å². The number of likely N-dealkylation sites (tertiary alicyclic amines) is 1. The zero-order valence-electron chi connectivity index (χ0n) is 13.0. The molecule has 0 aliphatic carbocycles. The molecule has 0 aromatic heterocycles. The van der Waals surface area contributed by atoms with Crippen molar-refractivity contribution in [3.63, 3.8) is 0 Å². The van der Waals surface area contributed by atoms with Crippen LogP contribution in [0.4, 0.5) is 0 Å².